The number of aliphatic imine (C=N–C) groups is 1. The first-order chi connectivity index (χ1) is 14.0. The highest BCUT2D eigenvalue weighted by Crippen LogP contribution is 2.38. The van der Waals surface area contributed by atoms with E-state index in [0.717, 1.165) is 24.6 Å². The Hall–Kier alpha value is -2.16. The van der Waals surface area contributed by atoms with Gasteiger partial charge in [0.15, 0.2) is 17.5 Å². The maximum absolute atomic E-state index is 5.43. The summed E-state index contributed by atoms with van der Waals surface area (Å²) in [5, 5.41) is 6.74. The average Bonchev–Trinajstić information content (AvgIpc) is 2.74. The Labute approximate surface area is 197 Å². The van der Waals surface area contributed by atoms with E-state index < -0.39 is 0 Å². The highest BCUT2D eigenvalue weighted by atomic mass is 127. The molecule has 0 bridgehead atoms. The van der Waals surface area contributed by atoms with Crippen LogP contribution in [0, 0.1) is 6.92 Å². The Morgan fingerprint density at radius 2 is 1.57 bits per heavy atom. The van der Waals surface area contributed by atoms with Gasteiger partial charge in [-0.25, -0.2) is 4.99 Å². The molecule has 2 N–H and O–H groups in total. The lowest BCUT2D eigenvalue weighted by atomic mass is 10.0. The zero-order chi connectivity index (χ0) is 21.2. The fourth-order valence-corrected chi connectivity index (χ4v) is 3.00. The fourth-order valence-electron chi connectivity index (χ4n) is 3.00. The summed E-state index contributed by atoms with van der Waals surface area (Å²) >= 11 is 0. The Morgan fingerprint density at radius 1 is 0.967 bits per heavy atom. The van der Waals surface area contributed by atoms with Gasteiger partial charge in [0.05, 0.1) is 27.9 Å². The molecular formula is C23H34IN3O3. The number of halogens is 1. The highest BCUT2D eigenvalue weighted by Gasteiger charge is 2.13. The van der Waals surface area contributed by atoms with Crippen molar-refractivity contribution in [1.29, 1.82) is 0 Å². The molecule has 0 aromatic heterocycles. The van der Waals surface area contributed by atoms with Gasteiger partial charge in [-0.15, -0.1) is 24.0 Å². The molecule has 2 aromatic rings. The van der Waals surface area contributed by atoms with Gasteiger partial charge in [0.25, 0.3) is 0 Å². The van der Waals surface area contributed by atoms with Crippen LogP contribution in [0.15, 0.2) is 41.4 Å². The number of guanidine groups is 1. The second-order valence-corrected chi connectivity index (χ2v) is 6.92. The molecule has 0 saturated carbocycles. The minimum absolute atomic E-state index is 0. The molecule has 30 heavy (non-hydrogen) atoms. The predicted molar refractivity (Wildman–Crippen MR) is 134 cm³/mol. The summed E-state index contributed by atoms with van der Waals surface area (Å²) in [6, 6.07) is 12.5. The highest BCUT2D eigenvalue weighted by molar-refractivity contribution is 14.0. The Kier molecular flexibility index (Phi) is 11.4. The van der Waals surface area contributed by atoms with Gasteiger partial charge in [-0.3, -0.25) is 0 Å². The molecule has 1 atom stereocenters. The van der Waals surface area contributed by atoms with Crippen molar-refractivity contribution in [2.24, 2.45) is 4.99 Å². The van der Waals surface area contributed by atoms with Crippen molar-refractivity contribution in [1.82, 2.24) is 10.6 Å². The van der Waals surface area contributed by atoms with Crippen molar-refractivity contribution in [3.8, 4) is 17.2 Å². The molecule has 0 saturated heterocycles. The summed E-state index contributed by atoms with van der Waals surface area (Å²) < 4.78 is 16.2. The number of ether oxygens (including phenoxy) is 3. The van der Waals surface area contributed by atoms with Crippen LogP contribution in [0.2, 0.25) is 0 Å². The number of methoxy groups -OCH3 is 3. The number of hydrogen-bond acceptors (Lipinski definition) is 4. The monoisotopic (exact) mass is 527 g/mol. The summed E-state index contributed by atoms with van der Waals surface area (Å²) in [6.45, 7) is 8.45. The van der Waals surface area contributed by atoms with Crippen LogP contribution in [0.1, 0.15) is 36.5 Å². The van der Waals surface area contributed by atoms with Crippen LogP contribution in [0.3, 0.4) is 0 Å². The Balaban J connectivity index is 0.00000450. The molecule has 0 aliphatic rings. The fraction of sp³-hybridized carbons (Fsp3) is 0.435. The standard InChI is InChI=1S/C23H33N3O3.HI/c1-7-24-23(25-14-17(3)19-10-8-16(2)9-11-19)26-15-18-12-20(27-4)22(29-6)21(13-18)28-5;/h8-13,17H,7,14-15H2,1-6H3,(H2,24,25,26);1H. The minimum Gasteiger partial charge on any atom is -0.493 e. The van der Waals surface area contributed by atoms with E-state index in [9.17, 15) is 0 Å². The summed E-state index contributed by atoms with van der Waals surface area (Å²) in [5.41, 5.74) is 3.56. The first-order valence-electron chi connectivity index (χ1n) is 9.90. The van der Waals surface area contributed by atoms with Gasteiger partial charge in [0.1, 0.15) is 0 Å². The van der Waals surface area contributed by atoms with Crippen LogP contribution in [0.4, 0.5) is 0 Å². The summed E-state index contributed by atoms with van der Waals surface area (Å²) in [7, 11) is 4.82. The third-order valence-electron chi connectivity index (χ3n) is 4.71. The first-order valence-corrected chi connectivity index (χ1v) is 9.90. The molecule has 0 heterocycles. The molecule has 2 aromatic carbocycles. The zero-order valence-electron chi connectivity index (χ0n) is 18.7. The second kappa shape index (κ2) is 13.2. The van der Waals surface area contributed by atoms with E-state index in [-0.39, 0.29) is 24.0 Å². The van der Waals surface area contributed by atoms with Crippen LogP contribution < -0.4 is 24.8 Å². The SMILES string of the molecule is CCNC(=NCc1cc(OC)c(OC)c(OC)c1)NCC(C)c1ccc(C)cc1.I. The molecule has 0 fully saturated rings. The number of rotatable bonds is 9. The van der Waals surface area contributed by atoms with E-state index in [1.807, 2.05) is 12.1 Å². The topological polar surface area (TPSA) is 64.1 Å². The minimum atomic E-state index is 0. The number of hydrogen-bond donors (Lipinski definition) is 2. The van der Waals surface area contributed by atoms with Crippen LogP contribution in [0.5, 0.6) is 17.2 Å². The van der Waals surface area contributed by atoms with E-state index in [2.05, 4.69) is 55.7 Å². The second-order valence-electron chi connectivity index (χ2n) is 6.92. The first kappa shape index (κ1) is 25.9. The van der Waals surface area contributed by atoms with Crippen LogP contribution in [-0.4, -0.2) is 40.4 Å². The molecule has 0 amide bonds. The van der Waals surface area contributed by atoms with Crippen molar-refractivity contribution in [3.63, 3.8) is 0 Å². The molecular weight excluding hydrogens is 493 g/mol. The molecule has 1 unspecified atom stereocenters. The summed E-state index contributed by atoms with van der Waals surface area (Å²) in [4.78, 5) is 4.71. The maximum Gasteiger partial charge on any atom is 0.203 e. The normalized spacial score (nSPS) is 11.9. The third kappa shape index (κ3) is 7.27. The lowest BCUT2D eigenvalue weighted by Gasteiger charge is -2.17. The number of nitrogens with one attached hydrogen (secondary N) is 2. The van der Waals surface area contributed by atoms with E-state index in [1.54, 1.807) is 21.3 Å². The van der Waals surface area contributed by atoms with Gasteiger partial charge in [-0.05, 0) is 43.0 Å². The van der Waals surface area contributed by atoms with Crippen molar-refractivity contribution >= 4 is 29.9 Å². The van der Waals surface area contributed by atoms with Gasteiger partial charge in [0, 0.05) is 13.1 Å². The summed E-state index contributed by atoms with van der Waals surface area (Å²) in [5.74, 6) is 2.99. The summed E-state index contributed by atoms with van der Waals surface area (Å²) in [6.07, 6.45) is 0. The Morgan fingerprint density at radius 3 is 2.07 bits per heavy atom. The predicted octanol–water partition coefficient (Wildman–Crippen LogP) is 4.50. The lowest BCUT2D eigenvalue weighted by molar-refractivity contribution is 0.324. The van der Waals surface area contributed by atoms with Crippen molar-refractivity contribution in [3.05, 3.63) is 53.1 Å². The maximum atomic E-state index is 5.43. The number of nitrogens with zero attached hydrogens (tertiary/aromatic N) is 1. The molecule has 0 aliphatic heterocycles. The number of benzene rings is 2. The smallest absolute Gasteiger partial charge is 0.203 e. The zero-order valence-corrected chi connectivity index (χ0v) is 21.1. The van der Waals surface area contributed by atoms with Crippen molar-refractivity contribution in [2.45, 2.75) is 33.2 Å². The number of aryl methyl sites for hydroxylation is 1. The van der Waals surface area contributed by atoms with E-state index >= 15 is 0 Å². The molecule has 0 radical (unpaired) electrons. The van der Waals surface area contributed by atoms with E-state index in [4.69, 9.17) is 19.2 Å². The quantitative estimate of drug-likeness (QED) is 0.286. The van der Waals surface area contributed by atoms with Crippen LogP contribution in [-0.2, 0) is 6.54 Å². The van der Waals surface area contributed by atoms with Crippen LogP contribution >= 0.6 is 24.0 Å². The largest absolute Gasteiger partial charge is 0.493 e. The molecule has 7 heteroatoms. The van der Waals surface area contributed by atoms with Gasteiger partial charge in [0.2, 0.25) is 5.75 Å². The molecule has 6 nitrogen and oxygen atoms in total. The molecule has 0 aliphatic carbocycles. The molecule has 166 valence electrons. The average molecular weight is 527 g/mol. The Bertz CT molecular complexity index is 785. The van der Waals surface area contributed by atoms with E-state index in [0.29, 0.717) is 29.7 Å². The molecule has 2 rings (SSSR count). The third-order valence-corrected chi connectivity index (χ3v) is 4.71. The molecule has 0 spiro atoms. The van der Waals surface area contributed by atoms with Crippen molar-refractivity contribution in [2.75, 3.05) is 34.4 Å². The van der Waals surface area contributed by atoms with Gasteiger partial charge in [-0.1, -0.05) is 36.8 Å². The van der Waals surface area contributed by atoms with Crippen LogP contribution in [0.25, 0.3) is 0 Å². The van der Waals surface area contributed by atoms with Gasteiger partial charge in [-0.2, -0.15) is 0 Å². The van der Waals surface area contributed by atoms with Crippen molar-refractivity contribution < 1.29 is 14.2 Å². The van der Waals surface area contributed by atoms with E-state index in [1.165, 1.54) is 11.1 Å². The lowest BCUT2D eigenvalue weighted by Crippen LogP contribution is -2.39. The van der Waals surface area contributed by atoms with Gasteiger partial charge < -0.3 is 24.8 Å². The van der Waals surface area contributed by atoms with Gasteiger partial charge >= 0.3 is 0 Å².